The Bertz CT molecular complexity index is 296. The first-order chi connectivity index (χ1) is 5.65. The molecule has 0 aliphatic carbocycles. The number of carboxylic acid groups (broad SMARTS) is 1. The predicted octanol–water partition coefficient (Wildman–Crippen LogP) is 1.18. The summed E-state index contributed by atoms with van der Waals surface area (Å²) in [5, 5.41) is 12.9. The van der Waals surface area contributed by atoms with E-state index in [4.69, 9.17) is 16.7 Å². The first-order valence-corrected chi connectivity index (χ1v) is 3.95. The lowest BCUT2D eigenvalue weighted by atomic mass is 10.3. The zero-order valence-corrected chi connectivity index (χ0v) is 7.38. The van der Waals surface area contributed by atoms with Crippen LogP contribution in [0.15, 0.2) is 6.20 Å². The molecule has 12 heavy (non-hydrogen) atoms. The molecule has 0 aliphatic rings. The van der Waals surface area contributed by atoms with E-state index in [2.05, 4.69) is 5.10 Å². The zero-order valence-electron chi connectivity index (χ0n) is 6.62. The van der Waals surface area contributed by atoms with Crippen LogP contribution in [0.4, 0.5) is 0 Å². The first kappa shape index (κ1) is 9.06. The highest BCUT2D eigenvalue weighted by Gasteiger charge is 2.10. The van der Waals surface area contributed by atoms with Gasteiger partial charge in [0.25, 0.3) is 0 Å². The van der Waals surface area contributed by atoms with Crippen LogP contribution in [0.5, 0.6) is 0 Å². The van der Waals surface area contributed by atoms with Crippen molar-refractivity contribution in [2.75, 3.05) is 0 Å². The van der Waals surface area contributed by atoms with Gasteiger partial charge in [-0.25, -0.2) is 0 Å². The van der Waals surface area contributed by atoms with Crippen molar-refractivity contribution in [1.82, 2.24) is 9.78 Å². The molecule has 0 amide bonds. The highest BCUT2D eigenvalue weighted by Crippen LogP contribution is 2.15. The standard InChI is InChI=1S/C7H9ClN2O2/c1-2-10-6(3-7(11)12)5(8)4-9-10/h4H,2-3H2,1H3,(H,11,12). The van der Waals surface area contributed by atoms with Crippen molar-refractivity contribution < 1.29 is 9.90 Å². The topological polar surface area (TPSA) is 55.1 Å². The van der Waals surface area contributed by atoms with Gasteiger partial charge in [0.05, 0.1) is 23.3 Å². The molecule has 0 spiro atoms. The molecular weight excluding hydrogens is 180 g/mol. The van der Waals surface area contributed by atoms with Gasteiger partial charge in [0.15, 0.2) is 0 Å². The van der Waals surface area contributed by atoms with E-state index in [0.717, 1.165) is 0 Å². The second-order valence-electron chi connectivity index (χ2n) is 2.33. The highest BCUT2D eigenvalue weighted by molar-refractivity contribution is 6.31. The Balaban J connectivity index is 2.94. The van der Waals surface area contributed by atoms with E-state index >= 15 is 0 Å². The number of rotatable bonds is 3. The quantitative estimate of drug-likeness (QED) is 0.775. The van der Waals surface area contributed by atoms with E-state index in [0.29, 0.717) is 17.3 Å². The number of hydrogen-bond acceptors (Lipinski definition) is 2. The van der Waals surface area contributed by atoms with E-state index in [1.165, 1.54) is 6.20 Å². The van der Waals surface area contributed by atoms with Crippen molar-refractivity contribution in [3.8, 4) is 0 Å². The molecule has 1 heterocycles. The number of carboxylic acids is 1. The normalized spacial score (nSPS) is 10.2. The molecule has 0 saturated carbocycles. The average molecular weight is 189 g/mol. The molecule has 0 bridgehead atoms. The van der Waals surface area contributed by atoms with Crippen LogP contribution in [0, 0.1) is 0 Å². The fraction of sp³-hybridized carbons (Fsp3) is 0.429. The molecule has 5 heteroatoms. The number of hydrogen-bond donors (Lipinski definition) is 1. The summed E-state index contributed by atoms with van der Waals surface area (Å²) in [6, 6.07) is 0. The van der Waals surface area contributed by atoms with E-state index < -0.39 is 5.97 Å². The molecule has 0 radical (unpaired) electrons. The first-order valence-electron chi connectivity index (χ1n) is 3.57. The minimum atomic E-state index is -0.896. The molecule has 0 unspecified atom stereocenters. The molecule has 4 nitrogen and oxygen atoms in total. The van der Waals surface area contributed by atoms with E-state index in [-0.39, 0.29) is 6.42 Å². The third kappa shape index (κ3) is 1.76. The average Bonchev–Trinajstić information content (AvgIpc) is 2.32. The fourth-order valence-corrected chi connectivity index (χ4v) is 1.19. The molecule has 0 aromatic carbocycles. The Morgan fingerprint density at radius 2 is 2.50 bits per heavy atom. The molecule has 1 aromatic rings. The summed E-state index contributed by atoms with van der Waals surface area (Å²) in [4.78, 5) is 10.4. The zero-order chi connectivity index (χ0) is 9.14. The molecule has 1 rings (SSSR count). The largest absolute Gasteiger partial charge is 0.481 e. The maximum atomic E-state index is 10.4. The molecule has 0 atom stereocenters. The lowest BCUT2D eigenvalue weighted by Crippen LogP contribution is -2.08. The smallest absolute Gasteiger partial charge is 0.309 e. The predicted molar refractivity (Wildman–Crippen MR) is 44.3 cm³/mol. The number of halogens is 1. The summed E-state index contributed by atoms with van der Waals surface area (Å²) in [6.07, 6.45) is 1.38. The number of aromatic nitrogens is 2. The summed E-state index contributed by atoms with van der Waals surface area (Å²) >= 11 is 5.72. The van der Waals surface area contributed by atoms with Gasteiger partial charge < -0.3 is 5.11 Å². The van der Waals surface area contributed by atoms with Crippen molar-refractivity contribution in [1.29, 1.82) is 0 Å². The van der Waals surface area contributed by atoms with Crippen molar-refractivity contribution in [2.45, 2.75) is 19.9 Å². The Hall–Kier alpha value is -1.03. The van der Waals surface area contributed by atoms with Crippen LogP contribution in [-0.4, -0.2) is 20.9 Å². The highest BCUT2D eigenvalue weighted by atomic mass is 35.5. The molecule has 0 saturated heterocycles. The minimum absolute atomic E-state index is 0.0767. The van der Waals surface area contributed by atoms with Crippen LogP contribution >= 0.6 is 11.6 Å². The molecule has 0 fully saturated rings. The number of carbonyl (C=O) groups is 1. The van der Waals surface area contributed by atoms with Crippen LogP contribution < -0.4 is 0 Å². The second-order valence-corrected chi connectivity index (χ2v) is 2.73. The Morgan fingerprint density at radius 1 is 1.83 bits per heavy atom. The third-order valence-electron chi connectivity index (χ3n) is 1.52. The van der Waals surface area contributed by atoms with Gasteiger partial charge >= 0.3 is 5.97 Å². The summed E-state index contributed by atoms with van der Waals surface area (Å²) < 4.78 is 1.58. The van der Waals surface area contributed by atoms with Gasteiger partial charge in [0.1, 0.15) is 0 Å². The number of aliphatic carboxylic acids is 1. The van der Waals surface area contributed by atoms with Gasteiger partial charge in [-0.15, -0.1) is 0 Å². The Labute approximate surface area is 74.8 Å². The van der Waals surface area contributed by atoms with Gasteiger partial charge in [-0.05, 0) is 6.92 Å². The summed E-state index contributed by atoms with van der Waals surface area (Å²) in [7, 11) is 0. The lowest BCUT2D eigenvalue weighted by Gasteiger charge is -2.01. The van der Waals surface area contributed by atoms with E-state index in [1.54, 1.807) is 4.68 Å². The summed E-state index contributed by atoms with van der Waals surface area (Å²) in [5.41, 5.74) is 0.562. The second kappa shape index (κ2) is 3.58. The molecule has 1 N–H and O–H groups in total. The maximum Gasteiger partial charge on any atom is 0.309 e. The van der Waals surface area contributed by atoms with Gasteiger partial charge in [0, 0.05) is 6.54 Å². The number of nitrogens with zero attached hydrogens (tertiary/aromatic N) is 2. The Morgan fingerprint density at radius 3 is 3.00 bits per heavy atom. The summed E-state index contributed by atoms with van der Waals surface area (Å²) in [6.45, 7) is 2.52. The van der Waals surface area contributed by atoms with Crippen LogP contribution in [-0.2, 0) is 17.8 Å². The van der Waals surface area contributed by atoms with Gasteiger partial charge in [-0.3, -0.25) is 9.48 Å². The van der Waals surface area contributed by atoms with Crippen LogP contribution in [0.3, 0.4) is 0 Å². The van der Waals surface area contributed by atoms with Crippen molar-refractivity contribution in [3.05, 3.63) is 16.9 Å². The minimum Gasteiger partial charge on any atom is -0.481 e. The van der Waals surface area contributed by atoms with Gasteiger partial charge in [0.2, 0.25) is 0 Å². The maximum absolute atomic E-state index is 10.4. The number of aryl methyl sites for hydroxylation is 1. The van der Waals surface area contributed by atoms with Crippen molar-refractivity contribution >= 4 is 17.6 Å². The molecule has 1 aromatic heterocycles. The molecular formula is C7H9ClN2O2. The van der Waals surface area contributed by atoms with Crippen molar-refractivity contribution in [2.24, 2.45) is 0 Å². The Kier molecular flexibility index (Phi) is 2.70. The van der Waals surface area contributed by atoms with Gasteiger partial charge in [-0.1, -0.05) is 11.6 Å². The monoisotopic (exact) mass is 188 g/mol. The SMILES string of the molecule is CCn1ncc(Cl)c1CC(=O)O. The van der Waals surface area contributed by atoms with E-state index in [9.17, 15) is 4.79 Å². The van der Waals surface area contributed by atoms with Crippen molar-refractivity contribution in [3.63, 3.8) is 0 Å². The van der Waals surface area contributed by atoms with E-state index in [1.807, 2.05) is 6.92 Å². The third-order valence-corrected chi connectivity index (χ3v) is 1.83. The lowest BCUT2D eigenvalue weighted by molar-refractivity contribution is -0.136. The van der Waals surface area contributed by atoms with Crippen LogP contribution in [0.1, 0.15) is 12.6 Å². The van der Waals surface area contributed by atoms with Gasteiger partial charge in [-0.2, -0.15) is 5.10 Å². The fourth-order valence-electron chi connectivity index (χ4n) is 0.979. The summed E-state index contributed by atoms with van der Waals surface area (Å²) in [5.74, 6) is -0.896. The van der Waals surface area contributed by atoms with Crippen LogP contribution in [0.2, 0.25) is 5.02 Å². The van der Waals surface area contributed by atoms with Crippen LogP contribution in [0.25, 0.3) is 0 Å². The molecule has 0 aliphatic heterocycles. The molecule has 66 valence electrons.